The fraction of sp³-hybridized carbons (Fsp3) is 0.652. The molecule has 0 fully saturated rings. The van der Waals surface area contributed by atoms with Crippen LogP contribution in [0.15, 0.2) is 4.79 Å². The molecule has 2 atom stereocenters. The molecule has 2 N–H and O–H groups in total. The van der Waals surface area contributed by atoms with Crippen LogP contribution >= 0.6 is 22.6 Å². The first-order valence-corrected chi connectivity index (χ1v) is 15.5. The number of rotatable bonds is 7. The molecule has 12 heteroatoms. The summed E-state index contributed by atoms with van der Waals surface area (Å²) in [7, 11) is 2.20. The normalized spacial score (nSPS) is 17.5. The molecule has 1 aromatic rings. The lowest BCUT2D eigenvalue weighted by molar-refractivity contribution is -0.144. The number of methoxy groups -OCH3 is 1. The van der Waals surface area contributed by atoms with Crippen LogP contribution < -0.4 is 20.8 Å². The SMILES string of the molecule is CCNC(=O)c1c(OC)c(=O)c(I)c2n1[C@H](CO[Si](C)(C)C(C)(C)C)CC2NC(=O)C(=O)N(C)C. The minimum absolute atomic E-state index is 0.0295. The number of hydrogen-bond donors (Lipinski definition) is 2. The molecule has 3 amide bonds. The molecule has 1 unspecified atom stereocenters. The number of nitrogens with zero attached hydrogens (tertiary/aromatic N) is 2. The van der Waals surface area contributed by atoms with Gasteiger partial charge in [0, 0.05) is 20.6 Å². The zero-order valence-corrected chi connectivity index (χ0v) is 25.2. The molecular weight excluding hydrogens is 583 g/mol. The zero-order valence-electron chi connectivity index (χ0n) is 22.0. The second kappa shape index (κ2) is 11.0. The van der Waals surface area contributed by atoms with Crippen molar-refractivity contribution in [3.8, 4) is 5.75 Å². The van der Waals surface area contributed by atoms with Crippen LogP contribution in [0.3, 0.4) is 0 Å². The third kappa shape index (κ3) is 5.90. The maximum Gasteiger partial charge on any atom is 0.311 e. The standard InChI is InChI=1S/C23H37IN4O6Si/c1-10-25-20(30)17-19(33-7)18(29)15(24)16-14(26-21(31)22(32)27(5)6)11-13(28(16)17)12-34-35(8,9)23(2,3)4/h13-14H,10-12H2,1-9H3,(H,25,30)(H,26,31)/t13-,14?/m0/s1. The number of aromatic nitrogens is 1. The third-order valence-corrected chi connectivity index (χ3v) is 12.2. The van der Waals surface area contributed by atoms with E-state index in [1.165, 1.54) is 26.1 Å². The average Bonchev–Trinajstić information content (AvgIpc) is 3.10. The van der Waals surface area contributed by atoms with E-state index in [1.54, 1.807) is 11.5 Å². The largest absolute Gasteiger partial charge is 0.491 e. The Hall–Kier alpha value is -1.93. The van der Waals surface area contributed by atoms with Crippen LogP contribution in [0.5, 0.6) is 5.75 Å². The number of fused-ring (bicyclic) bond motifs is 1. The quantitative estimate of drug-likeness (QED) is 0.275. The highest BCUT2D eigenvalue weighted by molar-refractivity contribution is 14.1. The van der Waals surface area contributed by atoms with Crippen molar-refractivity contribution >= 4 is 48.6 Å². The van der Waals surface area contributed by atoms with Gasteiger partial charge in [-0.15, -0.1) is 0 Å². The molecule has 0 radical (unpaired) electrons. The van der Waals surface area contributed by atoms with Crippen LogP contribution in [-0.2, 0) is 14.0 Å². The minimum Gasteiger partial charge on any atom is -0.491 e. The molecule has 0 aromatic carbocycles. The van der Waals surface area contributed by atoms with E-state index in [2.05, 4.69) is 44.5 Å². The third-order valence-electron chi connectivity index (χ3n) is 6.65. The number of pyridine rings is 1. The first-order chi connectivity index (χ1) is 16.1. The number of carbonyl (C=O) groups excluding carboxylic acids is 3. The van der Waals surface area contributed by atoms with Gasteiger partial charge in [0.2, 0.25) is 5.43 Å². The van der Waals surface area contributed by atoms with Gasteiger partial charge in [-0.05, 0) is 54.1 Å². The average molecular weight is 621 g/mol. The van der Waals surface area contributed by atoms with Gasteiger partial charge in [0.25, 0.3) is 5.91 Å². The molecule has 2 heterocycles. The van der Waals surface area contributed by atoms with Crippen molar-refractivity contribution in [1.82, 2.24) is 20.1 Å². The molecule has 0 bridgehead atoms. The second-order valence-electron chi connectivity index (χ2n) is 10.3. The summed E-state index contributed by atoms with van der Waals surface area (Å²) in [6.07, 6.45) is 0.357. The number of likely N-dealkylation sites (N-methyl/N-ethyl adjacent to an activating group) is 1. The molecule has 1 aliphatic heterocycles. The molecule has 0 spiro atoms. The summed E-state index contributed by atoms with van der Waals surface area (Å²) in [6.45, 7) is 13.1. The Kier molecular flexibility index (Phi) is 9.20. The smallest absolute Gasteiger partial charge is 0.311 e. The highest BCUT2D eigenvalue weighted by Crippen LogP contribution is 2.42. The summed E-state index contributed by atoms with van der Waals surface area (Å²) in [5.41, 5.74) is 0.125. The molecule has 0 saturated heterocycles. The topological polar surface area (TPSA) is 119 Å². The second-order valence-corrected chi connectivity index (χ2v) is 16.2. The Bertz CT molecular complexity index is 1060. The van der Waals surface area contributed by atoms with E-state index in [9.17, 15) is 19.2 Å². The maximum absolute atomic E-state index is 13.2. The van der Waals surface area contributed by atoms with Crippen LogP contribution in [0, 0.1) is 3.57 Å². The van der Waals surface area contributed by atoms with Gasteiger partial charge in [-0.25, -0.2) is 0 Å². The van der Waals surface area contributed by atoms with Crippen LogP contribution in [0.2, 0.25) is 18.1 Å². The van der Waals surface area contributed by atoms with Crippen molar-refractivity contribution in [3.05, 3.63) is 25.2 Å². The minimum atomic E-state index is -2.14. The van der Waals surface area contributed by atoms with Gasteiger partial charge in [0.15, 0.2) is 19.8 Å². The first-order valence-electron chi connectivity index (χ1n) is 11.5. The Labute approximate surface area is 221 Å². The van der Waals surface area contributed by atoms with Gasteiger partial charge in [-0.2, -0.15) is 0 Å². The van der Waals surface area contributed by atoms with Crippen molar-refractivity contribution in [2.45, 2.75) is 64.3 Å². The number of amides is 3. The van der Waals surface area contributed by atoms with Gasteiger partial charge >= 0.3 is 11.8 Å². The Balaban J connectivity index is 2.68. The summed E-state index contributed by atoms with van der Waals surface area (Å²) < 4.78 is 14.0. The lowest BCUT2D eigenvalue weighted by atomic mass is 10.1. The van der Waals surface area contributed by atoms with Crippen LogP contribution in [0.25, 0.3) is 0 Å². The van der Waals surface area contributed by atoms with E-state index >= 15 is 0 Å². The number of nitrogens with one attached hydrogen (secondary N) is 2. The molecule has 0 saturated carbocycles. The molecule has 0 aliphatic carbocycles. The van der Waals surface area contributed by atoms with Gasteiger partial charge < -0.3 is 29.3 Å². The summed E-state index contributed by atoms with van der Waals surface area (Å²) in [5.74, 6) is -1.99. The van der Waals surface area contributed by atoms with Crippen molar-refractivity contribution in [2.75, 3.05) is 34.4 Å². The van der Waals surface area contributed by atoms with E-state index < -0.39 is 37.5 Å². The van der Waals surface area contributed by atoms with E-state index in [-0.39, 0.29) is 29.1 Å². The lowest BCUT2D eigenvalue weighted by Gasteiger charge is -2.37. The predicted molar refractivity (Wildman–Crippen MR) is 144 cm³/mol. The fourth-order valence-electron chi connectivity index (χ4n) is 3.71. The molecule has 2 rings (SSSR count). The Morgan fingerprint density at radius 1 is 1.23 bits per heavy atom. The lowest BCUT2D eigenvalue weighted by Crippen LogP contribution is -2.42. The Morgan fingerprint density at radius 3 is 2.31 bits per heavy atom. The van der Waals surface area contributed by atoms with Gasteiger partial charge in [-0.3, -0.25) is 19.2 Å². The Morgan fingerprint density at radius 2 is 1.83 bits per heavy atom. The monoisotopic (exact) mass is 620 g/mol. The van der Waals surface area contributed by atoms with Gasteiger partial charge in [0.1, 0.15) is 0 Å². The molecule has 35 heavy (non-hydrogen) atoms. The van der Waals surface area contributed by atoms with Crippen LogP contribution in [-0.4, -0.2) is 69.9 Å². The van der Waals surface area contributed by atoms with Crippen molar-refractivity contribution in [3.63, 3.8) is 0 Å². The molecule has 1 aromatic heterocycles. The molecular formula is C23H37IN4O6Si. The van der Waals surface area contributed by atoms with E-state index in [0.717, 1.165) is 0 Å². The zero-order chi connectivity index (χ0) is 26.9. The number of carbonyl (C=O) groups is 3. The summed E-state index contributed by atoms with van der Waals surface area (Å²) in [5, 5.41) is 5.49. The maximum atomic E-state index is 13.2. The molecule has 10 nitrogen and oxygen atoms in total. The van der Waals surface area contributed by atoms with E-state index in [0.29, 0.717) is 22.2 Å². The van der Waals surface area contributed by atoms with E-state index in [4.69, 9.17) is 9.16 Å². The predicted octanol–water partition coefficient (Wildman–Crippen LogP) is 2.42. The van der Waals surface area contributed by atoms with Crippen molar-refractivity contribution in [2.24, 2.45) is 0 Å². The van der Waals surface area contributed by atoms with Crippen molar-refractivity contribution in [1.29, 1.82) is 0 Å². The van der Waals surface area contributed by atoms with Crippen molar-refractivity contribution < 1.29 is 23.5 Å². The van der Waals surface area contributed by atoms with Gasteiger partial charge in [-0.1, -0.05) is 20.8 Å². The van der Waals surface area contributed by atoms with Gasteiger partial charge in [0.05, 0.1) is 35.1 Å². The number of ether oxygens (including phenoxy) is 1. The first kappa shape index (κ1) is 29.3. The number of hydrogen-bond acceptors (Lipinski definition) is 6. The number of halogens is 1. The van der Waals surface area contributed by atoms with E-state index in [1.807, 2.05) is 22.6 Å². The highest BCUT2D eigenvalue weighted by Gasteiger charge is 2.43. The highest BCUT2D eigenvalue weighted by atomic mass is 127. The summed E-state index contributed by atoms with van der Waals surface area (Å²) in [4.78, 5) is 52.4. The summed E-state index contributed by atoms with van der Waals surface area (Å²) in [6, 6.07) is -1.02. The molecule has 1 aliphatic rings. The summed E-state index contributed by atoms with van der Waals surface area (Å²) >= 11 is 1.92. The fourth-order valence-corrected chi connectivity index (χ4v) is 5.63. The molecule has 196 valence electrons. The van der Waals surface area contributed by atoms with Crippen LogP contribution in [0.4, 0.5) is 0 Å². The van der Waals surface area contributed by atoms with Crippen LogP contribution in [0.1, 0.15) is 62.4 Å².